The van der Waals surface area contributed by atoms with Gasteiger partial charge in [-0.2, -0.15) is 0 Å². The quantitative estimate of drug-likeness (QED) is 0.885. The summed E-state index contributed by atoms with van der Waals surface area (Å²) in [5.74, 6) is 0.0871. The van der Waals surface area contributed by atoms with E-state index in [1.54, 1.807) is 0 Å². The van der Waals surface area contributed by atoms with E-state index in [1.807, 2.05) is 53.4 Å². The molecule has 2 aromatic rings. The Hall–Kier alpha value is -1.59. The summed E-state index contributed by atoms with van der Waals surface area (Å²) in [5.41, 5.74) is 9.44. The van der Waals surface area contributed by atoms with Crippen LogP contribution in [0, 0.1) is 0 Å². The lowest BCUT2D eigenvalue weighted by molar-refractivity contribution is -0.119. The Morgan fingerprint density at radius 3 is 2.40 bits per heavy atom. The molecular formula is C19H25Cl2N3O. The van der Waals surface area contributed by atoms with Gasteiger partial charge in [-0.15, -0.1) is 24.8 Å². The summed E-state index contributed by atoms with van der Waals surface area (Å²) in [7, 11) is 2.08. The van der Waals surface area contributed by atoms with Crippen molar-refractivity contribution < 1.29 is 4.79 Å². The maximum absolute atomic E-state index is 12.8. The minimum absolute atomic E-state index is 0. The minimum Gasteiger partial charge on any atom is -0.324 e. The second-order valence-electron chi connectivity index (χ2n) is 6.13. The van der Waals surface area contributed by atoms with Gasteiger partial charge in [-0.3, -0.25) is 4.79 Å². The van der Waals surface area contributed by atoms with Gasteiger partial charge < -0.3 is 15.5 Å². The van der Waals surface area contributed by atoms with Crippen molar-refractivity contribution in [3.05, 3.63) is 65.7 Å². The normalized spacial score (nSPS) is 15.2. The third-order valence-electron chi connectivity index (χ3n) is 4.35. The number of halogens is 2. The van der Waals surface area contributed by atoms with Crippen molar-refractivity contribution in [3.63, 3.8) is 0 Å². The molecule has 25 heavy (non-hydrogen) atoms. The molecule has 0 saturated carbocycles. The molecule has 1 heterocycles. The lowest BCUT2D eigenvalue weighted by Gasteiger charge is -2.24. The van der Waals surface area contributed by atoms with Gasteiger partial charge in [0.1, 0.15) is 0 Å². The Balaban J connectivity index is 0.00000156. The first-order valence-electron chi connectivity index (χ1n) is 8.02. The van der Waals surface area contributed by atoms with E-state index in [0.717, 1.165) is 24.3 Å². The average molecular weight is 382 g/mol. The number of benzene rings is 2. The summed E-state index contributed by atoms with van der Waals surface area (Å²) in [5, 5.41) is 0. The third-order valence-corrected chi connectivity index (χ3v) is 4.35. The maximum Gasteiger partial charge on any atom is 0.228 e. The fourth-order valence-corrected chi connectivity index (χ4v) is 3.04. The molecular weight excluding hydrogens is 357 g/mol. The van der Waals surface area contributed by atoms with Crippen molar-refractivity contribution in [2.75, 3.05) is 25.0 Å². The van der Waals surface area contributed by atoms with Crippen LogP contribution < -0.4 is 10.6 Å². The number of amides is 1. The summed E-state index contributed by atoms with van der Waals surface area (Å²) < 4.78 is 0. The molecule has 0 saturated heterocycles. The highest BCUT2D eigenvalue weighted by Crippen LogP contribution is 2.26. The highest BCUT2D eigenvalue weighted by molar-refractivity contribution is 5.94. The van der Waals surface area contributed by atoms with E-state index >= 15 is 0 Å². The standard InChI is InChI=1S/C19H23N3O.2ClH/c1-21-11-12-22(18-10-6-5-9-16(18)14-21)19(23)13-17(20)15-7-3-2-4-8-15;;/h2-10,17H,11-14,20H2,1H3;2*1H. The maximum atomic E-state index is 12.8. The SMILES string of the molecule is CN1CCN(C(=O)CC(N)c2ccccc2)c2ccccc2C1.Cl.Cl. The van der Waals surface area contributed by atoms with Crippen molar-refractivity contribution in [3.8, 4) is 0 Å². The smallest absolute Gasteiger partial charge is 0.228 e. The number of fused-ring (bicyclic) bond motifs is 1. The van der Waals surface area contributed by atoms with Crippen LogP contribution in [0.2, 0.25) is 0 Å². The number of carbonyl (C=O) groups is 1. The van der Waals surface area contributed by atoms with Crippen LogP contribution in [0.5, 0.6) is 0 Å². The highest BCUT2D eigenvalue weighted by atomic mass is 35.5. The van der Waals surface area contributed by atoms with E-state index in [4.69, 9.17) is 5.73 Å². The van der Waals surface area contributed by atoms with Crippen molar-refractivity contribution in [1.29, 1.82) is 0 Å². The van der Waals surface area contributed by atoms with Gasteiger partial charge in [0.2, 0.25) is 5.91 Å². The van der Waals surface area contributed by atoms with Crippen molar-refractivity contribution in [2.24, 2.45) is 5.73 Å². The van der Waals surface area contributed by atoms with Crippen LogP contribution in [0.3, 0.4) is 0 Å². The summed E-state index contributed by atoms with van der Waals surface area (Å²) in [4.78, 5) is 17.0. The fraction of sp³-hybridized carbons (Fsp3) is 0.316. The fourth-order valence-electron chi connectivity index (χ4n) is 3.04. The molecule has 0 bridgehead atoms. The van der Waals surface area contributed by atoms with Gasteiger partial charge in [0.25, 0.3) is 0 Å². The predicted molar refractivity (Wildman–Crippen MR) is 108 cm³/mol. The van der Waals surface area contributed by atoms with E-state index in [1.165, 1.54) is 5.56 Å². The van der Waals surface area contributed by atoms with Crippen molar-refractivity contribution in [2.45, 2.75) is 19.0 Å². The van der Waals surface area contributed by atoms with Crippen LogP contribution in [0.1, 0.15) is 23.6 Å². The minimum atomic E-state index is -0.267. The molecule has 0 spiro atoms. The average Bonchev–Trinajstić information content (AvgIpc) is 2.73. The van der Waals surface area contributed by atoms with E-state index in [0.29, 0.717) is 13.0 Å². The van der Waals surface area contributed by atoms with Gasteiger partial charge in [0, 0.05) is 37.8 Å². The highest BCUT2D eigenvalue weighted by Gasteiger charge is 2.24. The van der Waals surface area contributed by atoms with E-state index in [2.05, 4.69) is 18.0 Å². The number of nitrogens with zero attached hydrogens (tertiary/aromatic N) is 2. The summed E-state index contributed by atoms with van der Waals surface area (Å²) >= 11 is 0. The van der Waals surface area contributed by atoms with Crippen LogP contribution in [-0.2, 0) is 11.3 Å². The summed E-state index contributed by atoms with van der Waals surface area (Å²) in [6.45, 7) is 2.43. The van der Waals surface area contributed by atoms with Gasteiger partial charge in [0.05, 0.1) is 0 Å². The molecule has 1 atom stereocenters. The Morgan fingerprint density at radius 2 is 1.68 bits per heavy atom. The van der Waals surface area contributed by atoms with E-state index < -0.39 is 0 Å². The monoisotopic (exact) mass is 381 g/mol. The van der Waals surface area contributed by atoms with E-state index in [-0.39, 0.29) is 36.8 Å². The summed E-state index contributed by atoms with van der Waals surface area (Å²) in [6, 6.07) is 17.7. The third kappa shape index (κ3) is 5.19. The molecule has 136 valence electrons. The van der Waals surface area contributed by atoms with Crippen LogP contribution in [0.4, 0.5) is 5.69 Å². The van der Waals surface area contributed by atoms with Gasteiger partial charge in [-0.1, -0.05) is 48.5 Å². The number of hydrogen-bond donors (Lipinski definition) is 1. The molecule has 4 nitrogen and oxygen atoms in total. The number of para-hydroxylation sites is 1. The number of hydrogen-bond acceptors (Lipinski definition) is 3. The van der Waals surface area contributed by atoms with Gasteiger partial charge in [0.15, 0.2) is 0 Å². The van der Waals surface area contributed by atoms with Crippen LogP contribution in [0.25, 0.3) is 0 Å². The van der Waals surface area contributed by atoms with Crippen LogP contribution >= 0.6 is 24.8 Å². The molecule has 1 unspecified atom stereocenters. The molecule has 0 aromatic heterocycles. The number of anilines is 1. The molecule has 3 rings (SSSR count). The zero-order valence-corrected chi connectivity index (χ0v) is 15.9. The first-order chi connectivity index (χ1) is 11.1. The van der Waals surface area contributed by atoms with Crippen LogP contribution in [0.15, 0.2) is 54.6 Å². The molecule has 2 aromatic carbocycles. The second kappa shape index (κ2) is 9.78. The number of rotatable bonds is 3. The lowest BCUT2D eigenvalue weighted by atomic mass is 10.0. The molecule has 1 amide bonds. The van der Waals surface area contributed by atoms with Crippen LogP contribution in [-0.4, -0.2) is 30.9 Å². The summed E-state index contributed by atoms with van der Waals surface area (Å²) in [6.07, 6.45) is 0.321. The van der Waals surface area contributed by atoms with Gasteiger partial charge in [-0.05, 0) is 24.2 Å². The first kappa shape index (κ1) is 21.5. The zero-order chi connectivity index (χ0) is 16.2. The molecule has 0 fully saturated rings. The first-order valence-corrected chi connectivity index (χ1v) is 8.02. The second-order valence-corrected chi connectivity index (χ2v) is 6.13. The molecule has 6 heteroatoms. The lowest BCUT2D eigenvalue weighted by Crippen LogP contribution is -2.36. The molecule has 2 N–H and O–H groups in total. The van der Waals surface area contributed by atoms with Crippen molar-refractivity contribution >= 4 is 36.4 Å². The number of nitrogens with two attached hydrogens (primary N) is 1. The van der Waals surface area contributed by atoms with Crippen molar-refractivity contribution in [1.82, 2.24) is 4.90 Å². The number of carbonyl (C=O) groups excluding carboxylic acids is 1. The molecule has 0 aliphatic carbocycles. The Morgan fingerprint density at radius 1 is 1.04 bits per heavy atom. The zero-order valence-electron chi connectivity index (χ0n) is 14.3. The topological polar surface area (TPSA) is 49.6 Å². The Labute approximate surface area is 161 Å². The van der Waals surface area contributed by atoms with E-state index in [9.17, 15) is 4.79 Å². The largest absolute Gasteiger partial charge is 0.324 e. The molecule has 0 radical (unpaired) electrons. The van der Waals surface area contributed by atoms with Gasteiger partial charge in [-0.25, -0.2) is 0 Å². The Kier molecular flexibility index (Phi) is 8.39. The molecule has 1 aliphatic rings. The predicted octanol–water partition coefficient (Wildman–Crippen LogP) is 3.40. The Bertz CT molecular complexity index is 681. The van der Waals surface area contributed by atoms with Gasteiger partial charge >= 0.3 is 0 Å². The number of likely N-dealkylation sites (N-methyl/N-ethyl adjacent to an activating group) is 1. The molecule has 1 aliphatic heterocycles.